The average molecular weight is 293 g/mol. The van der Waals surface area contributed by atoms with Gasteiger partial charge < -0.3 is 9.84 Å². The van der Waals surface area contributed by atoms with Crippen molar-refractivity contribution in [2.24, 2.45) is 7.05 Å². The van der Waals surface area contributed by atoms with Gasteiger partial charge in [0.1, 0.15) is 0 Å². The fourth-order valence-electron chi connectivity index (χ4n) is 2.79. The first-order chi connectivity index (χ1) is 10.7. The van der Waals surface area contributed by atoms with Gasteiger partial charge in [-0.3, -0.25) is 4.68 Å². The van der Waals surface area contributed by atoms with E-state index in [-0.39, 0.29) is 0 Å². The molecule has 1 aromatic carbocycles. The second kappa shape index (κ2) is 4.84. The summed E-state index contributed by atoms with van der Waals surface area (Å²) < 4.78 is 6.98. The Morgan fingerprint density at radius 3 is 2.91 bits per heavy atom. The highest BCUT2D eigenvalue weighted by Crippen LogP contribution is 2.32. The number of hydrogen-bond donors (Lipinski definition) is 1. The third-order valence-corrected chi connectivity index (χ3v) is 3.77. The molecule has 3 heterocycles. The van der Waals surface area contributed by atoms with Gasteiger partial charge in [-0.25, -0.2) is 4.98 Å². The Bertz CT molecular complexity index is 956. The Kier molecular flexibility index (Phi) is 2.82. The molecule has 4 aromatic rings. The maximum absolute atomic E-state index is 5.17. The van der Waals surface area contributed by atoms with Crippen molar-refractivity contribution in [3.8, 4) is 0 Å². The molecule has 0 radical (unpaired) electrons. The average Bonchev–Trinajstić information content (AvgIpc) is 3.13. The van der Waals surface area contributed by atoms with Crippen LogP contribution in [-0.2, 0) is 13.6 Å². The summed E-state index contributed by atoms with van der Waals surface area (Å²) in [6, 6.07) is 9.93. The molecule has 0 aliphatic rings. The second-order valence-corrected chi connectivity index (χ2v) is 5.24. The van der Waals surface area contributed by atoms with Crippen LogP contribution in [0.3, 0.4) is 0 Å². The number of benzene rings is 1. The molecule has 0 saturated carbocycles. The van der Waals surface area contributed by atoms with Crippen molar-refractivity contribution in [3.63, 3.8) is 0 Å². The van der Waals surface area contributed by atoms with Crippen LogP contribution in [0.15, 0.2) is 41.1 Å². The van der Waals surface area contributed by atoms with Crippen LogP contribution in [0.1, 0.15) is 11.5 Å². The van der Waals surface area contributed by atoms with Gasteiger partial charge in [0.2, 0.25) is 0 Å². The molecular weight excluding hydrogens is 278 g/mol. The molecule has 110 valence electrons. The minimum absolute atomic E-state index is 0.567. The van der Waals surface area contributed by atoms with Gasteiger partial charge in [-0.2, -0.15) is 5.10 Å². The molecule has 4 rings (SSSR count). The van der Waals surface area contributed by atoms with Crippen LogP contribution in [0, 0.1) is 6.92 Å². The molecule has 0 aliphatic carbocycles. The number of aromatic nitrogens is 4. The zero-order valence-corrected chi connectivity index (χ0v) is 12.4. The monoisotopic (exact) mass is 293 g/mol. The normalized spacial score (nSPS) is 11.4. The highest BCUT2D eigenvalue weighted by Gasteiger charge is 2.15. The first-order valence-corrected chi connectivity index (χ1v) is 7.09. The minimum Gasteiger partial charge on any atom is -0.376 e. The summed E-state index contributed by atoms with van der Waals surface area (Å²) in [6.07, 6.45) is 1.65. The summed E-state index contributed by atoms with van der Waals surface area (Å²) in [5.74, 6) is 0.788. The predicted octanol–water partition coefficient (Wildman–Crippen LogP) is 3.03. The fourth-order valence-corrected chi connectivity index (χ4v) is 2.79. The molecule has 0 spiro atoms. The number of para-hydroxylation sites is 1. The Morgan fingerprint density at radius 1 is 1.23 bits per heavy atom. The molecule has 22 heavy (non-hydrogen) atoms. The van der Waals surface area contributed by atoms with Crippen LogP contribution in [0.4, 0.5) is 5.69 Å². The van der Waals surface area contributed by atoms with E-state index in [1.807, 2.05) is 42.9 Å². The van der Waals surface area contributed by atoms with Gasteiger partial charge in [-0.05, 0) is 13.0 Å². The van der Waals surface area contributed by atoms with Gasteiger partial charge in [-0.1, -0.05) is 23.4 Å². The van der Waals surface area contributed by atoms with Gasteiger partial charge in [-0.15, -0.1) is 0 Å². The molecular formula is C16H15N5O. The van der Waals surface area contributed by atoms with Crippen molar-refractivity contribution in [1.29, 1.82) is 0 Å². The van der Waals surface area contributed by atoms with Crippen molar-refractivity contribution < 1.29 is 4.52 Å². The SMILES string of the molecule is Cc1nn(C)c2nc3ccccc3c(NCc3ccno3)c12. The number of aryl methyl sites for hydroxylation is 2. The van der Waals surface area contributed by atoms with E-state index in [9.17, 15) is 0 Å². The molecule has 0 bridgehead atoms. The molecule has 0 amide bonds. The summed E-state index contributed by atoms with van der Waals surface area (Å²) in [6.45, 7) is 2.57. The fraction of sp³-hybridized carbons (Fsp3) is 0.188. The van der Waals surface area contributed by atoms with Crippen molar-refractivity contribution in [1.82, 2.24) is 19.9 Å². The van der Waals surface area contributed by atoms with Crippen molar-refractivity contribution in [3.05, 3.63) is 48.0 Å². The number of hydrogen-bond acceptors (Lipinski definition) is 5. The Hall–Kier alpha value is -2.89. The topological polar surface area (TPSA) is 68.8 Å². The van der Waals surface area contributed by atoms with E-state index in [0.29, 0.717) is 6.54 Å². The lowest BCUT2D eigenvalue weighted by Gasteiger charge is -2.10. The van der Waals surface area contributed by atoms with E-state index < -0.39 is 0 Å². The number of nitrogens with zero attached hydrogens (tertiary/aromatic N) is 4. The molecule has 6 nitrogen and oxygen atoms in total. The third kappa shape index (κ3) is 1.92. The molecule has 0 fully saturated rings. The van der Waals surface area contributed by atoms with E-state index in [4.69, 9.17) is 9.51 Å². The largest absolute Gasteiger partial charge is 0.376 e. The standard InChI is InChI=1S/C16H15N5O/c1-10-14-15(17-9-11-7-8-18-22-11)12-5-3-4-6-13(12)19-16(14)21(2)20-10/h3-8H,9H2,1-2H3,(H,17,19). The summed E-state index contributed by atoms with van der Waals surface area (Å²) in [7, 11) is 1.91. The predicted molar refractivity (Wildman–Crippen MR) is 84.6 cm³/mol. The third-order valence-electron chi connectivity index (χ3n) is 3.77. The van der Waals surface area contributed by atoms with Gasteiger partial charge in [0.15, 0.2) is 11.4 Å². The lowest BCUT2D eigenvalue weighted by molar-refractivity contribution is 0.388. The Balaban J connectivity index is 1.94. The zero-order chi connectivity index (χ0) is 15.1. The number of fused-ring (bicyclic) bond motifs is 2. The zero-order valence-electron chi connectivity index (χ0n) is 12.4. The van der Waals surface area contributed by atoms with Gasteiger partial charge in [0, 0.05) is 18.5 Å². The molecule has 1 N–H and O–H groups in total. The molecule has 0 aliphatic heterocycles. The van der Waals surface area contributed by atoms with Crippen molar-refractivity contribution in [2.45, 2.75) is 13.5 Å². The molecule has 0 atom stereocenters. The van der Waals surface area contributed by atoms with E-state index in [2.05, 4.69) is 21.6 Å². The number of rotatable bonds is 3. The van der Waals surface area contributed by atoms with E-state index in [1.165, 1.54) is 0 Å². The minimum atomic E-state index is 0.567. The van der Waals surface area contributed by atoms with Crippen LogP contribution >= 0.6 is 0 Å². The summed E-state index contributed by atoms with van der Waals surface area (Å²) in [4.78, 5) is 4.73. The Morgan fingerprint density at radius 2 is 2.09 bits per heavy atom. The molecule has 0 saturated heterocycles. The first kappa shape index (κ1) is 12.8. The highest BCUT2D eigenvalue weighted by atomic mass is 16.5. The summed E-state index contributed by atoms with van der Waals surface area (Å²) in [5.41, 5.74) is 3.80. The van der Waals surface area contributed by atoms with Crippen LogP contribution in [0.5, 0.6) is 0 Å². The smallest absolute Gasteiger partial charge is 0.160 e. The second-order valence-electron chi connectivity index (χ2n) is 5.24. The molecule has 6 heteroatoms. The summed E-state index contributed by atoms with van der Waals surface area (Å²) in [5, 5.41) is 13.8. The summed E-state index contributed by atoms with van der Waals surface area (Å²) >= 11 is 0. The quantitative estimate of drug-likeness (QED) is 0.629. The molecule has 3 aromatic heterocycles. The van der Waals surface area contributed by atoms with E-state index in [1.54, 1.807) is 6.20 Å². The first-order valence-electron chi connectivity index (χ1n) is 7.09. The maximum Gasteiger partial charge on any atom is 0.160 e. The number of pyridine rings is 1. The van der Waals surface area contributed by atoms with Crippen LogP contribution in [-0.4, -0.2) is 19.9 Å². The van der Waals surface area contributed by atoms with Crippen LogP contribution < -0.4 is 5.32 Å². The Labute approximate surface area is 126 Å². The maximum atomic E-state index is 5.17. The lowest BCUT2D eigenvalue weighted by Crippen LogP contribution is -2.01. The number of anilines is 1. The lowest BCUT2D eigenvalue weighted by atomic mass is 10.1. The number of nitrogens with one attached hydrogen (secondary N) is 1. The highest BCUT2D eigenvalue weighted by molar-refractivity contribution is 6.07. The van der Waals surface area contributed by atoms with Crippen molar-refractivity contribution >= 4 is 27.6 Å². The van der Waals surface area contributed by atoms with E-state index in [0.717, 1.165) is 39.1 Å². The van der Waals surface area contributed by atoms with Gasteiger partial charge in [0.05, 0.1) is 35.0 Å². The van der Waals surface area contributed by atoms with Gasteiger partial charge >= 0.3 is 0 Å². The van der Waals surface area contributed by atoms with Crippen LogP contribution in [0.2, 0.25) is 0 Å². The van der Waals surface area contributed by atoms with Gasteiger partial charge in [0.25, 0.3) is 0 Å². The van der Waals surface area contributed by atoms with Crippen LogP contribution in [0.25, 0.3) is 21.9 Å². The van der Waals surface area contributed by atoms with Crippen molar-refractivity contribution in [2.75, 3.05) is 5.32 Å². The van der Waals surface area contributed by atoms with E-state index >= 15 is 0 Å². The molecule has 0 unspecified atom stereocenters.